The van der Waals surface area contributed by atoms with Gasteiger partial charge in [-0.25, -0.2) is 9.37 Å². The van der Waals surface area contributed by atoms with Crippen molar-refractivity contribution < 1.29 is 17.8 Å². The summed E-state index contributed by atoms with van der Waals surface area (Å²) in [6, 6.07) is 13.0. The van der Waals surface area contributed by atoms with Gasteiger partial charge in [-0.15, -0.1) is 0 Å². The highest BCUT2D eigenvalue weighted by Crippen LogP contribution is 2.28. The zero-order valence-electron chi connectivity index (χ0n) is 15.1. The molecule has 0 aliphatic heterocycles. The van der Waals surface area contributed by atoms with Gasteiger partial charge in [0.15, 0.2) is 0 Å². The smallest absolute Gasteiger partial charge is 0.232 e. The molecule has 1 N–H and O–H groups in total. The molecule has 0 fully saturated rings. The minimum atomic E-state index is -1.45. The van der Waals surface area contributed by atoms with Crippen molar-refractivity contribution in [2.75, 3.05) is 5.75 Å². The van der Waals surface area contributed by atoms with Crippen LogP contribution in [0, 0.1) is 12.7 Å². The minimum absolute atomic E-state index is 0.101. The van der Waals surface area contributed by atoms with Crippen LogP contribution in [0.25, 0.3) is 11.5 Å². The summed E-state index contributed by atoms with van der Waals surface area (Å²) in [5.41, 5.74) is 1.94. The molecule has 1 atom stereocenters. The van der Waals surface area contributed by atoms with Crippen molar-refractivity contribution in [3.63, 3.8) is 0 Å². The van der Waals surface area contributed by atoms with Crippen LogP contribution in [-0.4, -0.2) is 20.9 Å². The van der Waals surface area contributed by atoms with Crippen LogP contribution in [0.1, 0.15) is 17.0 Å². The normalized spacial score (nSPS) is 12.0. The fourth-order valence-electron chi connectivity index (χ4n) is 2.52. The maximum Gasteiger partial charge on any atom is 0.232 e. The van der Waals surface area contributed by atoms with Crippen molar-refractivity contribution in [2.24, 2.45) is 0 Å². The maximum absolute atomic E-state index is 12.9. The Hall–Kier alpha value is -2.51. The second kappa shape index (κ2) is 9.12. The Bertz CT molecular complexity index is 1000. The monoisotopic (exact) mass is 420 g/mol. The SMILES string of the molecule is Cc1oc(-c2ccccc2Cl)nc1CS(=O)CC(=O)NCc1ccc(F)cc1. The van der Waals surface area contributed by atoms with Crippen molar-refractivity contribution in [2.45, 2.75) is 19.2 Å². The van der Waals surface area contributed by atoms with Crippen LogP contribution in [0.15, 0.2) is 52.9 Å². The van der Waals surface area contributed by atoms with E-state index >= 15 is 0 Å². The molecule has 28 heavy (non-hydrogen) atoms. The van der Waals surface area contributed by atoms with Crippen LogP contribution in [0.4, 0.5) is 4.39 Å². The second-order valence-corrected chi connectivity index (χ2v) is 8.00. The zero-order chi connectivity index (χ0) is 20.1. The molecule has 1 aromatic heterocycles. The number of rotatable bonds is 7. The summed E-state index contributed by atoms with van der Waals surface area (Å²) in [6.07, 6.45) is 0. The molecule has 5 nitrogen and oxygen atoms in total. The molecule has 0 spiro atoms. The average Bonchev–Trinajstić information content (AvgIpc) is 3.01. The van der Waals surface area contributed by atoms with Gasteiger partial charge >= 0.3 is 0 Å². The summed E-state index contributed by atoms with van der Waals surface area (Å²) in [6.45, 7) is 1.98. The standard InChI is InChI=1S/C20H18ClFN2O3S/c1-13-18(24-20(27-13)16-4-2-3-5-17(16)21)11-28(26)12-19(25)23-10-14-6-8-15(22)9-7-14/h2-9H,10-12H2,1H3,(H,23,25). The van der Waals surface area contributed by atoms with Crippen molar-refractivity contribution in [1.82, 2.24) is 10.3 Å². The average molecular weight is 421 g/mol. The van der Waals surface area contributed by atoms with Gasteiger partial charge in [0, 0.05) is 17.3 Å². The maximum atomic E-state index is 12.9. The number of nitrogens with zero attached hydrogens (tertiary/aromatic N) is 1. The molecule has 1 amide bonds. The number of amides is 1. The summed E-state index contributed by atoms with van der Waals surface area (Å²) in [5.74, 6) is 0.148. The van der Waals surface area contributed by atoms with Gasteiger partial charge in [0.1, 0.15) is 17.3 Å². The number of oxazole rings is 1. The van der Waals surface area contributed by atoms with Crippen LogP contribution >= 0.6 is 11.6 Å². The van der Waals surface area contributed by atoms with E-state index in [2.05, 4.69) is 10.3 Å². The first-order chi connectivity index (χ1) is 13.4. The summed E-state index contributed by atoms with van der Waals surface area (Å²) < 4.78 is 30.9. The Morgan fingerprint density at radius 2 is 1.93 bits per heavy atom. The lowest BCUT2D eigenvalue weighted by molar-refractivity contribution is -0.118. The number of benzene rings is 2. The van der Waals surface area contributed by atoms with Gasteiger partial charge in [-0.05, 0) is 36.8 Å². The Labute approximate surface area is 169 Å². The first kappa shape index (κ1) is 20.2. The van der Waals surface area contributed by atoms with Gasteiger partial charge in [-0.2, -0.15) is 0 Å². The molecule has 0 saturated carbocycles. The van der Waals surface area contributed by atoms with E-state index in [4.69, 9.17) is 16.0 Å². The Kier molecular flexibility index (Phi) is 6.59. The zero-order valence-corrected chi connectivity index (χ0v) is 16.6. The van der Waals surface area contributed by atoms with Crippen LogP contribution in [0.5, 0.6) is 0 Å². The molecule has 3 rings (SSSR count). The molecule has 146 valence electrons. The number of hydrogen-bond acceptors (Lipinski definition) is 4. The number of aryl methyl sites for hydroxylation is 1. The number of halogens is 2. The van der Waals surface area contributed by atoms with Crippen LogP contribution in [0.3, 0.4) is 0 Å². The molecule has 0 aliphatic carbocycles. The first-order valence-electron chi connectivity index (χ1n) is 8.49. The van der Waals surface area contributed by atoms with Crippen LogP contribution in [-0.2, 0) is 27.9 Å². The summed E-state index contributed by atoms with van der Waals surface area (Å²) >= 11 is 6.16. The number of carbonyl (C=O) groups is 1. The van der Waals surface area contributed by atoms with E-state index < -0.39 is 10.8 Å². The van der Waals surface area contributed by atoms with Crippen LogP contribution < -0.4 is 5.32 Å². The van der Waals surface area contributed by atoms with Gasteiger partial charge < -0.3 is 9.73 Å². The fraction of sp³-hybridized carbons (Fsp3) is 0.200. The van der Waals surface area contributed by atoms with Gasteiger partial charge in [0.2, 0.25) is 11.8 Å². The highest BCUT2D eigenvalue weighted by molar-refractivity contribution is 7.84. The van der Waals surface area contributed by atoms with E-state index in [0.717, 1.165) is 5.56 Å². The van der Waals surface area contributed by atoms with Gasteiger partial charge in [0.05, 0.1) is 22.0 Å². The lowest BCUT2D eigenvalue weighted by atomic mass is 10.2. The lowest BCUT2D eigenvalue weighted by Crippen LogP contribution is -2.28. The number of aromatic nitrogens is 1. The third kappa shape index (κ3) is 5.27. The molecular weight excluding hydrogens is 403 g/mol. The van der Waals surface area contributed by atoms with E-state index in [1.165, 1.54) is 12.1 Å². The number of nitrogens with one attached hydrogen (secondary N) is 1. The molecule has 1 unspecified atom stereocenters. The quantitative estimate of drug-likeness (QED) is 0.626. The van der Waals surface area contributed by atoms with E-state index in [9.17, 15) is 13.4 Å². The van der Waals surface area contributed by atoms with E-state index in [0.29, 0.717) is 27.9 Å². The molecule has 0 radical (unpaired) electrons. The topological polar surface area (TPSA) is 72.2 Å². The van der Waals surface area contributed by atoms with Crippen molar-refractivity contribution in [3.8, 4) is 11.5 Å². The number of hydrogen-bond donors (Lipinski definition) is 1. The summed E-state index contributed by atoms with van der Waals surface area (Å²) in [5, 5.41) is 3.18. The first-order valence-corrected chi connectivity index (χ1v) is 10.4. The number of carbonyl (C=O) groups excluding carboxylic acids is 1. The highest BCUT2D eigenvalue weighted by atomic mass is 35.5. The van der Waals surface area contributed by atoms with Crippen molar-refractivity contribution in [1.29, 1.82) is 0 Å². The van der Waals surface area contributed by atoms with Crippen molar-refractivity contribution in [3.05, 3.63) is 76.4 Å². The molecule has 0 bridgehead atoms. The van der Waals surface area contributed by atoms with Crippen LogP contribution in [0.2, 0.25) is 5.02 Å². The third-order valence-corrected chi connectivity index (χ3v) is 5.50. The lowest BCUT2D eigenvalue weighted by Gasteiger charge is -2.05. The summed E-state index contributed by atoms with van der Waals surface area (Å²) in [4.78, 5) is 16.4. The molecule has 3 aromatic rings. The van der Waals surface area contributed by atoms with E-state index in [1.54, 1.807) is 31.2 Å². The Morgan fingerprint density at radius 3 is 2.64 bits per heavy atom. The predicted octanol–water partition coefficient (Wildman–Crippen LogP) is 4.01. The Morgan fingerprint density at radius 1 is 1.21 bits per heavy atom. The fourth-order valence-corrected chi connectivity index (χ4v) is 3.80. The molecule has 8 heteroatoms. The Balaban J connectivity index is 1.56. The van der Waals surface area contributed by atoms with E-state index in [1.807, 2.05) is 12.1 Å². The highest BCUT2D eigenvalue weighted by Gasteiger charge is 2.17. The molecule has 1 heterocycles. The third-order valence-electron chi connectivity index (χ3n) is 3.99. The molecular formula is C20H18ClFN2O3S. The predicted molar refractivity (Wildman–Crippen MR) is 107 cm³/mol. The second-order valence-electron chi connectivity index (χ2n) is 6.13. The summed E-state index contributed by atoms with van der Waals surface area (Å²) in [7, 11) is -1.45. The molecule has 2 aromatic carbocycles. The molecule has 0 aliphatic rings. The van der Waals surface area contributed by atoms with E-state index in [-0.39, 0.29) is 29.8 Å². The largest absolute Gasteiger partial charge is 0.441 e. The molecule has 0 saturated heterocycles. The van der Waals surface area contributed by atoms with Gasteiger partial charge in [-0.1, -0.05) is 35.9 Å². The van der Waals surface area contributed by atoms with Crippen molar-refractivity contribution >= 4 is 28.3 Å². The van der Waals surface area contributed by atoms with Gasteiger partial charge in [0.25, 0.3) is 0 Å². The van der Waals surface area contributed by atoms with Gasteiger partial charge in [-0.3, -0.25) is 9.00 Å². The minimum Gasteiger partial charge on any atom is -0.441 e.